The highest BCUT2D eigenvalue weighted by Crippen LogP contribution is 2.22. The first-order valence-corrected chi connectivity index (χ1v) is 10.2. The molecule has 0 N–H and O–H groups in total. The van der Waals surface area contributed by atoms with E-state index >= 15 is 0 Å². The second-order valence-electron chi connectivity index (χ2n) is 4.26. The van der Waals surface area contributed by atoms with Crippen molar-refractivity contribution in [2.24, 2.45) is 4.99 Å². The molecule has 0 aliphatic heterocycles. The molecule has 2 aromatic rings. The second kappa shape index (κ2) is 21.1. The van der Waals surface area contributed by atoms with Gasteiger partial charge in [-0.15, -0.1) is 0 Å². The van der Waals surface area contributed by atoms with Crippen LogP contribution >= 0.6 is 0 Å². The molecule has 0 saturated carbocycles. The number of hydrogen-bond acceptors (Lipinski definition) is 2. The van der Waals surface area contributed by atoms with Crippen molar-refractivity contribution in [1.82, 2.24) is 4.98 Å². The molecule has 0 aliphatic rings. The Bertz CT molecular complexity index is 555. The fourth-order valence-electron chi connectivity index (χ4n) is 1.94. The molecule has 2 nitrogen and oxygen atoms in total. The molecule has 0 radical (unpaired) electrons. The molecule has 2 rings (SSSR count). The molecule has 148 valence electrons. The summed E-state index contributed by atoms with van der Waals surface area (Å²) >= 11 is 0. The van der Waals surface area contributed by atoms with E-state index in [4.69, 9.17) is 0 Å². The summed E-state index contributed by atoms with van der Waals surface area (Å²) in [4.78, 5) is 8.81. The van der Waals surface area contributed by atoms with E-state index in [9.17, 15) is 0 Å². The Morgan fingerprint density at radius 2 is 1.38 bits per heavy atom. The highest BCUT2D eigenvalue weighted by atomic mass is 14.7. The maximum atomic E-state index is 4.54. The van der Waals surface area contributed by atoms with Crippen LogP contribution in [0, 0.1) is 0 Å². The number of rotatable bonds is 3. The lowest BCUT2D eigenvalue weighted by Crippen LogP contribution is -1.98. The minimum absolute atomic E-state index is 1.01. The maximum Gasteiger partial charge on any atom is 0.0708 e. The molecule has 0 bridgehead atoms. The average molecular weight is 359 g/mol. The van der Waals surface area contributed by atoms with E-state index < -0.39 is 0 Å². The normalized spacial score (nSPS) is 8.96. The smallest absolute Gasteiger partial charge is 0.0708 e. The van der Waals surface area contributed by atoms with Gasteiger partial charge in [-0.05, 0) is 25.0 Å². The van der Waals surface area contributed by atoms with Crippen molar-refractivity contribution in [3.05, 3.63) is 53.7 Å². The fourth-order valence-corrected chi connectivity index (χ4v) is 1.94. The first-order chi connectivity index (χ1) is 12.8. The lowest BCUT2D eigenvalue weighted by atomic mass is 10.0. The van der Waals surface area contributed by atoms with Crippen LogP contribution in [0.3, 0.4) is 0 Å². The van der Waals surface area contributed by atoms with Crippen molar-refractivity contribution < 1.29 is 0 Å². The maximum absolute atomic E-state index is 4.54. The molecule has 0 saturated heterocycles. The van der Waals surface area contributed by atoms with Crippen molar-refractivity contribution in [1.29, 1.82) is 0 Å². The van der Waals surface area contributed by atoms with Crippen LogP contribution in [0.15, 0.2) is 47.6 Å². The van der Waals surface area contributed by atoms with Gasteiger partial charge in [0.2, 0.25) is 0 Å². The SMILES string of the molecule is CC.CC.CC.CC.CCc1ccc(-c2ccccc2C(C)=NC)nc1. The van der Waals surface area contributed by atoms with Gasteiger partial charge in [-0.1, -0.05) is 92.6 Å². The number of nitrogens with zero attached hydrogens (tertiary/aromatic N) is 2. The number of hydrogen-bond donors (Lipinski definition) is 0. The van der Waals surface area contributed by atoms with Gasteiger partial charge in [0.05, 0.1) is 5.69 Å². The molecule has 1 aromatic heterocycles. The van der Waals surface area contributed by atoms with Crippen molar-refractivity contribution in [2.75, 3.05) is 7.05 Å². The lowest BCUT2D eigenvalue weighted by molar-refractivity contribution is 1.10. The van der Waals surface area contributed by atoms with Gasteiger partial charge in [0.1, 0.15) is 0 Å². The number of aryl methyl sites for hydroxylation is 1. The van der Waals surface area contributed by atoms with E-state index in [0.717, 1.165) is 29.0 Å². The zero-order valence-electron chi connectivity index (χ0n) is 19.1. The quantitative estimate of drug-likeness (QED) is 0.513. The van der Waals surface area contributed by atoms with Crippen LogP contribution < -0.4 is 0 Å². The van der Waals surface area contributed by atoms with Crippen molar-refractivity contribution >= 4 is 5.71 Å². The molecular formula is C24H42N2. The Hall–Kier alpha value is -1.96. The summed E-state index contributed by atoms with van der Waals surface area (Å²) in [6.07, 6.45) is 2.97. The van der Waals surface area contributed by atoms with Crippen LogP contribution in [-0.2, 0) is 6.42 Å². The summed E-state index contributed by atoms with van der Waals surface area (Å²) in [5.74, 6) is 0. The first-order valence-electron chi connectivity index (χ1n) is 10.2. The second-order valence-corrected chi connectivity index (χ2v) is 4.26. The number of aliphatic imine (C=N–C) groups is 1. The molecule has 0 spiro atoms. The van der Waals surface area contributed by atoms with Gasteiger partial charge in [-0.3, -0.25) is 9.98 Å². The summed E-state index contributed by atoms with van der Waals surface area (Å²) < 4.78 is 0. The first kappa shape index (κ1) is 28.8. The molecule has 0 fully saturated rings. The van der Waals surface area contributed by atoms with Gasteiger partial charge in [0.15, 0.2) is 0 Å². The molecule has 2 heteroatoms. The van der Waals surface area contributed by atoms with E-state index in [1.54, 1.807) is 0 Å². The molecule has 0 aliphatic carbocycles. The zero-order chi connectivity index (χ0) is 21.0. The van der Waals surface area contributed by atoms with E-state index in [1.807, 2.05) is 87.7 Å². The zero-order valence-corrected chi connectivity index (χ0v) is 19.1. The topological polar surface area (TPSA) is 25.2 Å². The highest BCUT2D eigenvalue weighted by molar-refractivity contribution is 6.04. The molecule has 1 heterocycles. The summed E-state index contributed by atoms with van der Waals surface area (Å²) in [6.45, 7) is 20.2. The summed E-state index contributed by atoms with van der Waals surface area (Å²) in [5.41, 5.74) is 5.59. The van der Waals surface area contributed by atoms with E-state index in [-0.39, 0.29) is 0 Å². The van der Waals surface area contributed by atoms with Crippen molar-refractivity contribution in [2.45, 2.75) is 75.7 Å². The minimum Gasteiger partial charge on any atom is -0.293 e. The lowest BCUT2D eigenvalue weighted by Gasteiger charge is -2.08. The fraction of sp³-hybridized carbons (Fsp3) is 0.500. The number of benzene rings is 1. The molecule has 26 heavy (non-hydrogen) atoms. The van der Waals surface area contributed by atoms with Gasteiger partial charge < -0.3 is 0 Å². The van der Waals surface area contributed by atoms with E-state index in [1.165, 1.54) is 5.56 Å². The summed E-state index contributed by atoms with van der Waals surface area (Å²) in [6, 6.07) is 12.5. The molecular weight excluding hydrogens is 316 g/mol. The Morgan fingerprint density at radius 1 is 0.846 bits per heavy atom. The van der Waals surface area contributed by atoms with Crippen LogP contribution in [0.1, 0.15) is 80.4 Å². The van der Waals surface area contributed by atoms with Crippen LogP contribution in [0.5, 0.6) is 0 Å². The third-order valence-electron chi connectivity index (χ3n) is 3.16. The Labute approximate surface area is 163 Å². The molecule has 0 atom stereocenters. The predicted molar refractivity (Wildman–Crippen MR) is 123 cm³/mol. The minimum atomic E-state index is 1.01. The Balaban J connectivity index is -0.000000585. The standard InChI is InChI=1S/C16H18N2.4C2H6/c1-4-13-9-10-16(18-11-13)15-8-6-5-7-14(15)12(2)17-3;4*1-2/h5-11H,4H2,1-3H3;4*1-2H3. The van der Waals surface area contributed by atoms with Gasteiger partial charge in [0, 0.05) is 30.1 Å². The number of pyridine rings is 1. The van der Waals surface area contributed by atoms with Gasteiger partial charge in [0.25, 0.3) is 0 Å². The van der Waals surface area contributed by atoms with Crippen LogP contribution in [0.2, 0.25) is 0 Å². The third-order valence-corrected chi connectivity index (χ3v) is 3.16. The van der Waals surface area contributed by atoms with E-state index in [2.05, 4.69) is 41.2 Å². The van der Waals surface area contributed by atoms with E-state index in [0.29, 0.717) is 0 Å². The monoisotopic (exact) mass is 358 g/mol. The largest absolute Gasteiger partial charge is 0.293 e. The van der Waals surface area contributed by atoms with Gasteiger partial charge in [-0.25, -0.2) is 0 Å². The average Bonchev–Trinajstić information content (AvgIpc) is 2.78. The number of aromatic nitrogens is 1. The summed E-state index contributed by atoms with van der Waals surface area (Å²) in [7, 11) is 1.82. The van der Waals surface area contributed by atoms with Crippen LogP contribution in [0.25, 0.3) is 11.3 Å². The van der Waals surface area contributed by atoms with Crippen LogP contribution in [0.4, 0.5) is 0 Å². The van der Waals surface area contributed by atoms with Crippen molar-refractivity contribution in [3.8, 4) is 11.3 Å². The van der Waals surface area contributed by atoms with Crippen LogP contribution in [-0.4, -0.2) is 17.7 Å². The molecule has 1 aromatic carbocycles. The third kappa shape index (κ3) is 10.1. The Kier molecular flexibility index (Phi) is 23.4. The predicted octanol–water partition coefficient (Wildman–Crippen LogP) is 7.85. The molecule has 0 unspecified atom stereocenters. The van der Waals surface area contributed by atoms with Gasteiger partial charge in [-0.2, -0.15) is 0 Å². The molecule has 0 amide bonds. The highest BCUT2D eigenvalue weighted by Gasteiger charge is 2.07. The Morgan fingerprint density at radius 3 is 1.81 bits per heavy atom. The van der Waals surface area contributed by atoms with Gasteiger partial charge >= 0.3 is 0 Å². The van der Waals surface area contributed by atoms with Crippen molar-refractivity contribution in [3.63, 3.8) is 0 Å². The summed E-state index contributed by atoms with van der Waals surface area (Å²) in [5, 5.41) is 0.